The van der Waals surface area contributed by atoms with Gasteiger partial charge in [-0.1, -0.05) is 317 Å². The lowest BCUT2D eigenvalue weighted by Crippen LogP contribution is -2.30. The second kappa shape index (κ2) is 70.8. The number of unbranched alkanes of at least 4 members (excludes halogenated alkanes) is 38. The van der Waals surface area contributed by atoms with E-state index in [0.29, 0.717) is 19.3 Å². The summed E-state index contributed by atoms with van der Waals surface area (Å²) in [6.07, 6.45) is 96.0. The summed E-state index contributed by atoms with van der Waals surface area (Å²) in [6.45, 7) is 6.42. The van der Waals surface area contributed by atoms with Crippen LogP contribution in [0.2, 0.25) is 0 Å². The summed E-state index contributed by atoms with van der Waals surface area (Å²) in [5.74, 6) is -0.913. The number of allylic oxidation sites excluding steroid dienone is 16. The molecule has 6 heteroatoms. The minimum Gasteiger partial charge on any atom is -0.462 e. The highest BCUT2D eigenvalue weighted by Crippen LogP contribution is 2.18. The summed E-state index contributed by atoms with van der Waals surface area (Å²) < 4.78 is 16.9. The first-order valence-electron chi connectivity index (χ1n) is 35.7. The third-order valence-corrected chi connectivity index (χ3v) is 15.6. The lowest BCUT2D eigenvalue weighted by molar-refractivity contribution is -0.167. The van der Waals surface area contributed by atoms with E-state index in [1.54, 1.807) is 0 Å². The van der Waals surface area contributed by atoms with Gasteiger partial charge in [-0.2, -0.15) is 0 Å². The van der Waals surface area contributed by atoms with Crippen molar-refractivity contribution in [3.05, 3.63) is 97.2 Å². The van der Waals surface area contributed by atoms with Gasteiger partial charge in [-0.05, 0) is 116 Å². The fourth-order valence-electron chi connectivity index (χ4n) is 10.3. The van der Waals surface area contributed by atoms with Gasteiger partial charge in [-0.25, -0.2) is 0 Å². The molecule has 0 heterocycles. The van der Waals surface area contributed by atoms with E-state index in [2.05, 4.69) is 118 Å². The predicted octanol–water partition coefficient (Wildman–Crippen LogP) is 24.8. The second-order valence-corrected chi connectivity index (χ2v) is 23.7. The van der Waals surface area contributed by atoms with Crippen molar-refractivity contribution < 1.29 is 28.6 Å². The maximum atomic E-state index is 12.9. The van der Waals surface area contributed by atoms with Crippen molar-refractivity contribution in [3.63, 3.8) is 0 Å². The Bertz CT molecular complexity index is 1610. The normalized spacial score (nSPS) is 12.7. The predicted molar refractivity (Wildman–Crippen MR) is 362 cm³/mol. The molecule has 0 aromatic carbocycles. The van der Waals surface area contributed by atoms with E-state index in [9.17, 15) is 14.4 Å². The number of ether oxygens (including phenoxy) is 3. The molecule has 0 aliphatic rings. The van der Waals surface area contributed by atoms with Gasteiger partial charge in [0.15, 0.2) is 6.10 Å². The number of carbonyl (C=O) groups excluding carboxylic acids is 3. The Morgan fingerprint density at radius 2 is 0.470 bits per heavy atom. The van der Waals surface area contributed by atoms with Gasteiger partial charge in [0.25, 0.3) is 0 Å². The first-order valence-corrected chi connectivity index (χ1v) is 35.7. The zero-order valence-electron chi connectivity index (χ0n) is 54.9. The summed E-state index contributed by atoms with van der Waals surface area (Å²) in [6, 6.07) is 0. The van der Waals surface area contributed by atoms with Crippen molar-refractivity contribution in [1.29, 1.82) is 0 Å². The highest BCUT2D eigenvalue weighted by Gasteiger charge is 2.19. The van der Waals surface area contributed by atoms with Crippen LogP contribution < -0.4 is 0 Å². The molecule has 1 unspecified atom stereocenters. The molecule has 0 saturated carbocycles. The van der Waals surface area contributed by atoms with Crippen LogP contribution in [-0.4, -0.2) is 37.2 Å². The van der Waals surface area contributed by atoms with Gasteiger partial charge in [-0.15, -0.1) is 0 Å². The largest absolute Gasteiger partial charge is 0.462 e. The number of esters is 3. The third kappa shape index (κ3) is 69.0. The quantitative estimate of drug-likeness (QED) is 0.0261. The minimum absolute atomic E-state index is 0.0881. The molecule has 0 amide bonds. The molecule has 83 heavy (non-hydrogen) atoms. The maximum absolute atomic E-state index is 12.9. The second-order valence-electron chi connectivity index (χ2n) is 23.7. The van der Waals surface area contributed by atoms with Crippen LogP contribution in [0.4, 0.5) is 0 Å². The van der Waals surface area contributed by atoms with Crippen LogP contribution in [0.25, 0.3) is 0 Å². The lowest BCUT2D eigenvalue weighted by atomic mass is 10.0. The summed E-state index contributed by atoms with van der Waals surface area (Å²) in [5, 5.41) is 0. The molecule has 0 spiro atoms. The zero-order chi connectivity index (χ0) is 59.9. The van der Waals surface area contributed by atoms with Crippen LogP contribution in [0, 0.1) is 0 Å². The Kier molecular flexibility index (Phi) is 67.7. The smallest absolute Gasteiger partial charge is 0.306 e. The molecule has 0 radical (unpaired) electrons. The van der Waals surface area contributed by atoms with E-state index >= 15 is 0 Å². The third-order valence-electron chi connectivity index (χ3n) is 15.6. The highest BCUT2D eigenvalue weighted by molar-refractivity contribution is 5.71. The molecule has 6 nitrogen and oxygen atoms in total. The molecule has 0 fully saturated rings. The van der Waals surface area contributed by atoms with Crippen LogP contribution in [0.3, 0.4) is 0 Å². The maximum Gasteiger partial charge on any atom is 0.306 e. The van der Waals surface area contributed by atoms with Crippen LogP contribution in [0.1, 0.15) is 355 Å². The van der Waals surface area contributed by atoms with E-state index in [4.69, 9.17) is 14.2 Å². The molecule has 0 rings (SSSR count). The van der Waals surface area contributed by atoms with Crippen molar-refractivity contribution in [1.82, 2.24) is 0 Å². The number of hydrogen-bond donors (Lipinski definition) is 0. The SMILES string of the molecule is CC/C=C\C/C=C\C/C=C\C/C=C\CCCCCCCCCCC(=O)OC(COC(=O)CCCCC/C=C\C/C=C\C/C=C\CC)COC(=O)CCCCCCCCCCCCCCCCCCCCC/C=C\CCCCCCCCCC. The fourth-order valence-corrected chi connectivity index (χ4v) is 10.3. The van der Waals surface area contributed by atoms with Crippen LogP contribution in [0.15, 0.2) is 97.2 Å². The molecule has 0 aromatic heterocycles. The van der Waals surface area contributed by atoms with Gasteiger partial charge in [0.05, 0.1) is 0 Å². The summed E-state index contributed by atoms with van der Waals surface area (Å²) in [4.78, 5) is 38.4. The first kappa shape index (κ1) is 79.3. The van der Waals surface area contributed by atoms with Crippen molar-refractivity contribution in [2.75, 3.05) is 13.2 Å². The lowest BCUT2D eigenvalue weighted by Gasteiger charge is -2.18. The number of hydrogen-bond acceptors (Lipinski definition) is 6. The number of carbonyl (C=O) groups is 3. The average Bonchev–Trinajstić information content (AvgIpc) is 3.49. The molecule has 0 aliphatic carbocycles. The molecule has 0 aliphatic heterocycles. The van der Waals surface area contributed by atoms with Crippen LogP contribution >= 0.6 is 0 Å². The first-order chi connectivity index (χ1) is 41.0. The molecule has 0 N–H and O–H groups in total. The van der Waals surface area contributed by atoms with Gasteiger partial charge in [0.2, 0.25) is 0 Å². The van der Waals surface area contributed by atoms with Gasteiger partial charge in [-0.3, -0.25) is 14.4 Å². The Labute approximate surface area is 515 Å². The van der Waals surface area contributed by atoms with E-state index in [-0.39, 0.29) is 31.1 Å². The monoisotopic (exact) mass is 1160 g/mol. The minimum atomic E-state index is -0.796. The Morgan fingerprint density at radius 1 is 0.253 bits per heavy atom. The topological polar surface area (TPSA) is 78.9 Å². The Balaban J connectivity index is 4.22. The van der Waals surface area contributed by atoms with E-state index in [1.165, 1.54) is 199 Å². The Hall–Kier alpha value is -3.67. The van der Waals surface area contributed by atoms with E-state index < -0.39 is 6.10 Å². The molecule has 1 atom stereocenters. The van der Waals surface area contributed by atoms with Crippen LogP contribution in [-0.2, 0) is 28.6 Å². The molecular formula is C77H134O6. The standard InChI is InChI=1S/C77H134O6/c1-4-7-10-13-16-19-22-25-27-29-31-33-34-35-36-37-38-39-40-41-42-44-45-47-49-52-55-58-61-64-67-70-76(79)82-73-74(72-81-75(78)69-66-63-60-57-54-51-24-21-18-15-12-9-6-3)83-77(80)71-68-65-62-59-56-53-50-48-46-43-32-30-28-26-23-20-17-14-11-8-5-2/h8-9,11-12,17-18,20-21,26,28-29,31-32,43,51,54,74H,4-7,10,13-16,19,22-25,27,30,33-42,44-50,52-53,55-73H2,1-3H3/b11-8-,12-9-,20-17-,21-18-,28-26-,31-29-,43-32-,54-51-. The van der Waals surface area contributed by atoms with E-state index in [1.807, 2.05) is 0 Å². The summed E-state index contributed by atoms with van der Waals surface area (Å²) in [7, 11) is 0. The van der Waals surface area contributed by atoms with Crippen molar-refractivity contribution in [2.24, 2.45) is 0 Å². The van der Waals surface area contributed by atoms with Crippen molar-refractivity contribution in [2.45, 2.75) is 361 Å². The summed E-state index contributed by atoms with van der Waals surface area (Å²) >= 11 is 0. The zero-order valence-corrected chi connectivity index (χ0v) is 54.9. The molecule has 478 valence electrons. The molecule has 0 saturated heterocycles. The van der Waals surface area contributed by atoms with Gasteiger partial charge >= 0.3 is 17.9 Å². The highest BCUT2D eigenvalue weighted by atomic mass is 16.6. The van der Waals surface area contributed by atoms with Gasteiger partial charge in [0, 0.05) is 19.3 Å². The molecule has 0 bridgehead atoms. The molecular weight excluding hydrogens is 1020 g/mol. The van der Waals surface area contributed by atoms with Gasteiger partial charge in [0.1, 0.15) is 13.2 Å². The Morgan fingerprint density at radius 3 is 0.759 bits per heavy atom. The van der Waals surface area contributed by atoms with Crippen molar-refractivity contribution >= 4 is 17.9 Å². The van der Waals surface area contributed by atoms with Crippen LogP contribution in [0.5, 0.6) is 0 Å². The number of rotatable bonds is 65. The fraction of sp³-hybridized carbons (Fsp3) is 0.753. The van der Waals surface area contributed by atoms with E-state index in [0.717, 1.165) is 116 Å². The molecule has 0 aromatic rings. The van der Waals surface area contributed by atoms with Gasteiger partial charge < -0.3 is 14.2 Å². The summed E-state index contributed by atoms with van der Waals surface area (Å²) in [5.41, 5.74) is 0. The van der Waals surface area contributed by atoms with Crippen molar-refractivity contribution in [3.8, 4) is 0 Å². The average molecular weight is 1160 g/mol.